The molecule has 1 atom stereocenters. The zero-order chi connectivity index (χ0) is 23.4. The van der Waals surface area contributed by atoms with E-state index in [2.05, 4.69) is 30.4 Å². The van der Waals surface area contributed by atoms with Crippen molar-refractivity contribution in [2.24, 2.45) is 0 Å². The molecule has 0 bridgehead atoms. The average molecular weight is 443 g/mol. The molecule has 0 saturated carbocycles. The number of aliphatic carboxylic acids is 1. The van der Waals surface area contributed by atoms with Crippen molar-refractivity contribution in [3.8, 4) is 16.9 Å². The number of ether oxygens (including phenoxy) is 1. The molecule has 0 unspecified atom stereocenters. The number of carbonyl (C=O) groups excluding carboxylic acids is 1. The molecule has 6 heteroatoms. The molecule has 4 rings (SSSR count). The highest BCUT2D eigenvalue weighted by Crippen LogP contribution is 2.25. The van der Waals surface area contributed by atoms with Gasteiger partial charge in [-0.3, -0.25) is 4.79 Å². The molecule has 1 amide bonds. The Kier molecular flexibility index (Phi) is 6.45. The summed E-state index contributed by atoms with van der Waals surface area (Å²) in [5.41, 5.74) is 4.77. The van der Waals surface area contributed by atoms with Gasteiger partial charge in [-0.05, 0) is 52.9 Å². The number of amides is 1. The standard InChI is InChI=1S/C27H25NO5/c1-3-17-5-4-6-20(13-17)19-9-7-18(8-10-19)14-23(27(30)31)28-26(29)25-16-21-15-22(32-2)11-12-24(21)33-25/h4-13,15-16,23H,3,14H2,1-2H3,(H,28,29)(H,30,31)/t23-/m0/s1. The maximum Gasteiger partial charge on any atom is 0.326 e. The summed E-state index contributed by atoms with van der Waals surface area (Å²) in [5.74, 6) is -0.995. The Bertz CT molecular complexity index is 1290. The molecular formula is C27H25NO5. The van der Waals surface area contributed by atoms with Crippen LogP contribution < -0.4 is 10.1 Å². The minimum absolute atomic E-state index is 0.0515. The molecule has 2 N–H and O–H groups in total. The molecule has 0 spiro atoms. The molecule has 33 heavy (non-hydrogen) atoms. The van der Waals surface area contributed by atoms with Gasteiger partial charge in [-0.15, -0.1) is 0 Å². The highest BCUT2D eigenvalue weighted by Gasteiger charge is 2.23. The van der Waals surface area contributed by atoms with Gasteiger partial charge in [0.2, 0.25) is 0 Å². The lowest BCUT2D eigenvalue weighted by atomic mass is 9.99. The molecule has 1 heterocycles. The smallest absolute Gasteiger partial charge is 0.326 e. The highest BCUT2D eigenvalue weighted by atomic mass is 16.5. The van der Waals surface area contributed by atoms with E-state index < -0.39 is 17.9 Å². The quantitative estimate of drug-likeness (QED) is 0.396. The largest absolute Gasteiger partial charge is 0.497 e. The number of methoxy groups -OCH3 is 1. The topological polar surface area (TPSA) is 88.8 Å². The average Bonchev–Trinajstić information content (AvgIpc) is 3.27. The van der Waals surface area contributed by atoms with Crippen molar-refractivity contribution in [1.82, 2.24) is 5.32 Å². The number of aryl methyl sites for hydroxylation is 1. The van der Waals surface area contributed by atoms with Crippen LogP contribution in [-0.4, -0.2) is 30.1 Å². The summed E-state index contributed by atoms with van der Waals surface area (Å²) in [5, 5.41) is 12.9. The first-order valence-electron chi connectivity index (χ1n) is 10.8. The Hall–Kier alpha value is -4.06. The summed E-state index contributed by atoms with van der Waals surface area (Å²) in [4.78, 5) is 24.5. The molecule has 0 aliphatic rings. The van der Waals surface area contributed by atoms with Gasteiger partial charge < -0.3 is 19.6 Å². The number of fused-ring (bicyclic) bond motifs is 1. The molecule has 3 aromatic carbocycles. The molecular weight excluding hydrogens is 418 g/mol. The maximum absolute atomic E-state index is 12.7. The van der Waals surface area contributed by atoms with Gasteiger partial charge in [-0.2, -0.15) is 0 Å². The molecule has 168 valence electrons. The van der Waals surface area contributed by atoms with E-state index in [-0.39, 0.29) is 12.2 Å². The second kappa shape index (κ2) is 9.61. The Morgan fingerprint density at radius 3 is 2.45 bits per heavy atom. The van der Waals surface area contributed by atoms with Crippen LogP contribution in [0.5, 0.6) is 5.75 Å². The fourth-order valence-electron chi connectivity index (χ4n) is 3.73. The SMILES string of the molecule is CCc1cccc(-c2ccc(C[C@H](NC(=O)c3cc4cc(OC)ccc4o3)C(=O)O)cc2)c1. The van der Waals surface area contributed by atoms with Crippen LogP contribution in [0.3, 0.4) is 0 Å². The van der Waals surface area contributed by atoms with Crippen LogP contribution in [-0.2, 0) is 17.6 Å². The summed E-state index contributed by atoms with van der Waals surface area (Å²) in [6, 6.07) is 21.7. The molecule has 6 nitrogen and oxygen atoms in total. The zero-order valence-electron chi connectivity index (χ0n) is 18.5. The van der Waals surface area contributed by atoms with E-state index in [9.17, 15) is 14.7 Å². The Morgan fingerprint density at radius 1 is 0.970 bits per heavy atom. The molecule has 0 aliphatic heterocycles. The van der Waals surface area contributed by atoms with Gasteiger partial charge in [0.15, 0.2) is 5.76 Å². The van der Waals surface area contributed by atoms with Crippen molar-refractivity contribution in [2.75, 3.05) is 7.11 Å². The third kappa shape index (κ3) is 5.06. The molecule has 0 saturated heterocycles. The van der Waals surface area contributed by atoms with Gasteiger partial charge in [0.1, 0.15) is 17.4 Å². The number of furan rings is 1. The monoisotopic (exact) mass is 443 g/mol. The van der Waals surface area contributed by atoms with Crippen molar-refractivity contribution in [1.29, 1.82) is 0 Å². The van der Waals surface area contributed by atoms with E-state index in [4.69, 9.17) is 9.15 Å². The molecule has 0 aliphatic carbocycles. The van der Waals surface area contributed by atoms with Crippen LogP contribution >= 0.6 is 0 Å². The number of carboxylic acid groups (broad SMARTS) is 1. The first kappa shape index (κ1) is 22.1. The Labute approximate surface area is 191 Å². The van der Waals surface area contributed by atoms with Gasteiger partial charge in [0.25, 0.3) is 5.91 Å². The fraction of sp³-hybridized carbons (Fsp3) is 0.185. The van der Waals surface area contributed by atoms with E-state index in [0.29, 0.717) is 16.7 Å². The maximum atomic E-state index is 12.7. The van der Waals surface area contributed by atoms with Crippen LogP contribution in [0.2, 0.25) is 0 Å². The zero-order valence-corrected chi connectivity index (χ0v) is 18.5. The summed E-state index contributed by atoms with van der Waals surface area (Å²) < 4.78 is 10.8. The Morgan fingerprint density at radius 2 is 1.76 bits per heavy atom. The van der Waals surface area contributed by atoms with E-state index in [1.807, 2.05) is 30.3 Å². The van der Waals surface area contributed by atoms with E-state index in [0.717, 1.165) is 23.1 Å². The predicted octanol–water partition coefficient (Wildman–Crippen LogP) is 5.10. The number of benzene rings is 3. The predicted molar refractivity (Wildman–Crippen MR) is 127 cm³/mol. The minimum atomic E-state index is -1.11. The molecule has 4 aromatic rings. The normalized spacial score (nSPS) is 11.8. The van der Waals surface area contributed by atoms with Gasteiger partial charge >= 0.3 is 5.97 Å². The minimum Gasteiger partial charge on any atom is -0.497 e. The summed E-state index contributed by atoms with van der Waals surface area (Å²) in [6.45, 7) is 2.12. The molecule has 0 fully saturated rings. The van der Waals surface area contributed by atoms with Crippen LogP contribution in [0.1, 0.15) is 28.6 Å². The lowest BCUT2D eigenvalue weighted by Crippen LogP contribution is -2.42. The highest BCUT2D eigenvalue weighted by molar-refractivity contribution is 5.98. The van der Waals surface area contributed by atoms with Crippen LogP contribution in [0.4, 0.5) is 0 Å². The third-order valence-electron chi connectivity index (χ3n) is 5.61. The van der Waals surface area contributed by atoms with Gasteiger partial charge in [0, 0.05) is 11.8 Å². The van der Waals surface area contributed by atoms with E-state index in [1.54, 1.807) is 31.4 Å². The molecule has 1 aromatic heterocycles. The van der Waals surface area contributed by atoms with E-state index in [1.165, 1.54) is 5.56 Å². The number of carboxylic acids is 1. The first-order valence-corrected chi connectivity index (χ1v) is 10.8. The number of rotatable bonds is 8. The first-order chi connectivity index (χ1) is 16.0. The van der Waals surface area contributed by atoms with Crippen LogP contribution in [0, 0.1) is 0 Å². The lowest BCUT2D eigenvalue weighted by molar-refractivity contribution is -0.139. The Balaban J connectivity index is 1.47. The number of carbonyl (C=O) groups is 2. The van der Waals surface area contributed by atoms with Gasteiger partial charge in [-0.1, -0.05) is 55.5 Å². The number of nitrogens with one attached hydrogen (secondary N) is 1. The second-order valence-electron chi connectivity index (χ2n) is 7.83. The number of hydrogen-bond acceptors (Lipinski definition) is 4. The lowest BCUT2D eigenvalue weighted by Gasteiger charge is -2.14. The third-order valence-corrected chi connectivity index (χ3v) is 5.61. The van der Waals surface area contributed by atoms with Gasteiger partial charge in [-0.25, -0.2) is 4.79 Å². The van der Waals surface area contributed by atoms with Crippen molar-refractivity contribution >= 4 is 22.8 Å². The van der Waals surface area contributed by atoms with Crippen molar-refractivity contribution in [3.63, 3.8) is 0 Å². The summed E-state index contributed by atoms with van der Waals surface area (Å²) in [6.07, 6.45) is 1.12. The van der Waals surface area contributed by atoms with Crippen LogP contribution in [0.25, 0.3) is 22.1 Å². The number of hydrogen-bond donors (Lipinski definition) is 2. The van der Waals surface area contributed by atoms with Crippen molar-refractivity contribution in [3.05, 3.63) is 89.7 Å². The van der Waals surface area contributed by atoms with Crippen molar-refractivity contribution in [2.45, 2.75) is 25.8 Å². The van der Waals surface area contributed by atoms with Gasteiger partial charge in [0.05, 0.1) is 7.11 Å². The summed E-state index contributed by atoms with van der Waals surface area (Å²) >= 11 is 0. The molecule has 0 radical (unpaired) electrons. The van der Waals surface area contributed by atoms with E-state index >= 15 is 0 Å². The van der Waals surface area contributed by atoms with Crippen molar-refractivity contribution < 1.29 is 23.8 Å². The van der Waals surface area contributed by atoms with Crippen LogP contribution in [0.15, 0.2) is 77.2 Å². The summed E-state index contributed by atoms with van der Waals surface area (Å²) in [7, 11) is 1.56. The second-order valence-corrected chi connectivity index (χ2v) is 7.83. The fourth-order valence-corrected chi connectivity index (χ4v) is 3.73.